The van der Waals surface area contributed by atoms with E-state index in [0.29, 0.717) is 17.5 Å². The van der Waals surface area contributed by atoms with Crippen LogP contribution in [0.2, 0.25) is 0 Å². The zero-order chi connectivity index (χ0) is 33.5. The van der Waals surface area contributed by atoms with Crippen molar-refractivity contribution in [2.75, 3.05) is 0 Å². The number of nitrogens with zero attached hydrogens (tertiary/aromatic N) is 4. The van der Waals surface area contributed by atoms with E-state index in [4.69, 9.17) is 19.4 Å². The number of hydrogen-bond donors (Lipinski definition) is 0. The Morgan fingerprint density at radius 3 is 1.84 bits per heavy atom. The molecule has 7 aromatic carbocycles. The Hall–Kier alpha value is -6.63. The summed E-state index contributed by atoms with van der Waals surface area (Å²) in [5, 5.41) is 6.92. The van der Waals surface area contributed by atoms with Crippen LogP contribution >= 0.6 is 11.3 Å². The lowest BCUT2D eigenvalue weighted by molar-refractivity contribution is 0.669. The van der Waals surface area contributed by atoms with Gasteiger partial charge in [-0.05, 0) is 66.7 Å². The smallest absolute Gasteiger partial charge is 0.164 e. The molecule has 0 saturated carbocycles. The second kappa shape index (κ2) is 10.9. The topological polar surface area (TPSA) is 56.7 Å². The molecule has 0 spiro atoms. The van der Waals surface area contributed by atoms with E-state index in [-0.39, 0.29) is 0 Å². The van der Waals surface area contributed by atoms with Gasteiger partial charge in [0.2, 0.25) is 0 Å². The van der Waals surface area contributed by atoms with Crippen molar-refractivity contribution < 1.29 is 4.42 Å². The van der Waals surface area contributed by atoms with Crippen molar-refractivity contribution in [1.29, 1.82) is 0 Å². The summed E-state index contributed by atoms with van der Waals surface area (Å²) < 4.78 is 11.5. The summed E-state index contributed by atoms with van der Waals surface area (Å²) in [4.78, 5) is 15.1. The molecule has 0 atom stereocenters. The molecule has 6 heteroatoms. The van der Waals surface area contributed by atoms with Crippen LogP contribution in [0.15, 0.2) is 162 Å². The Bertz CT molecular complexity index is 3140. The van der Waals surface area contributed by atoms with E-state index in [1.807, 2.05) is 30.3 Å². The first-order valence-corrected chi connectivity index (χ1v) is 17.8. The molecule has 51 heavy (non-hydrogen) atoms. The van der Waals surface area contributed by atoms with Crippen molar-refractivity contribution >= 4 is 75.3 Å². The van der Waals surface area contributed by atoms with Crippen molar-refractivity contribution in [3.63, 3.8) is 0 Å². The predicted octanol–water partition coefficient (Wildman–Crippen LogP) is 12.2. The fourth-order valence-corrected chi connectivity index (χ4v) is 8.53. The van der Waals surface area contributed by atoms with Crippen molar-refractivity contribution in [3.05, 3.63) is 158 Å². The van der Waals surface area contributed by atoms with Gasteiger partial charge in [-0.15, -0.1) is 11.3 Å². The minimum atomic E-state index is 0.600. The fraction of sp³-hybridized carbons (Fsp3) is 0. The number of benzene rings is 7. The van der Waals surface area contributed by atoms with Crippen LogP contribution in [0.4, 0.5) is 0 Å². The van der Waals surface area contributed by atoms with Crippen LogP contribution in [0.1, 0.15) is 0 Å². The van der Waals surface area contributed by atoms with Gasteiger partial charge in [0, 0.05) is 64.1 Å². The molecule has 0 unspecified atom stereocenters. The number of rotatable bonds is 4. The highest BCUT2D eigenvalue weighted by molar-refractivity contribution is 7.25. The van der Waals surface area contributed by atoms with E-state index < -0.39 is 0 Å². The Kier molecular flexibility index (Phi) is 6.05. The number of fused-ring (bicyclic) bond motifs is 9. The highest BCUT2D eigenvalue weighted by atomic mass is 32.1. The average molecular weight is 671 g/mol. The minimum absolute atomic E-state index is 0.600. The highest BCUT2D eigenvalue weighted by Gasteiger charge is 2.18. The maximum Gasteiger partial charge on any atom is 0.164 e. The summed E-state index contributed by atoms with van der Waals surface area (Å²) in [6.07, 6.45) is 0. The normalized spacial score (nSPS) is 11.9. The minimum Gasteiger partial charge on any atom is -0.456 e. The van der Waals surface area contributed by atoms with Crippen LogP contribution in [0.3, 0.4) is 0 Å². The van der Waals surface area contributed by atoms with E-state index in [1.165, 1.54) is 31.1 Å². The number of aromatic nitrogens is 4. The molecule has 0 fully saturated rings. The maximum atomic E-state index is 6.62. The molecule has 0 bridgehead atoms. The summed E-state index contributed by atoms with van der Waals surface area (Å²) in [6, 6.07) is 55.0. The van der Waals surface area contributed by atoms with Gasteiger partial charge >= 0.3 is 0 Å². The molecule has 4 aromatic heterocycles. The molecule has 0 amide bonds. The molecule has 0 aliphatic carbocycles. The molecule has 238 valence electrons. The molecule has 0 radical (unpaired) electrons. The molecule has 11 aromatic rings. The van der Waals surface area contributed by atoms with E-state index in [0.717, 1.165) is 55.2 Å². The lowest BCUT2D eigenvalue weighted by Gasteiger charge is -2.09. The van der Waals surface area contributed by atoms with Crippen molar-refractivity contribution in [2.45, 2.75) is 0 Å². The van der Waals surface area contributed by atoms with Crippen LogP contribution in [-0.4, -0.2) is 19.5 Å². The molecule has 5 nitrogen and oxygen atoms in total. The average Bonchev–Trinajstić information content (AvgIpc) is 3.86. The van der Waals surface area contributed by atoms with E-state index in [9.17, 15) is 0 Å². The van der Waals surface area contributed by atoms with Gasteiger partial charge in [-0.3, -0.25) is 0 Å². The Labute approximate surface area is 295 Å². The zero-order valence-corrected chi connectivity index (χ0v) is 27.9. The lowest BCUT2D eigenvalue weighted by Crippen LogP contribution is -2.00. The highest BCUT2D eigenvalue weighted by Crippen LogP contribution is 2.40. The number of para-hydroxylation sites is 2. The van der Waals surface area contributed by atoms with Crippen LogP contribution < -0.4 is 0 Å². The van der Waals surface area contributed by atoms with Gasteiger partial charge in [0.05, 0.1) is 11.0 Å². The molecule has 0 N–H and O–H groups in total. The number of thiophene rings is 1. The molecule has 4 heterocycles. The fourth-order valence-electron chi connectivity index (χ4n) is 7.45. The van der Waals surface area contributed by atoms with Gasteiger partial charge in [-0.1, -0.05) is 91.0 Å². The van der Waals surface area contributed by atoms with Crippen molar-refractivity contribution in [1.82, 2.24) is 19.5 Å². The van der Waals surface area contributed by atoms with Gasteiger partial charge in [0.15, 0.2) is 17.5 Å². The molecule has 0 aliphatic heterocycles. The molecule has 0 aliphatic rings. The maximum absolute atomic E-state index is 6.62. The first-order valence-electron chi connectivity index (χ1n) is 16.9. The van der Waals surface area contributed by atoms with Crippen molar-refractivity contribution in [2.24, 2.45) is 0 Å². The first kappa shape index (κ1) is 28.2. The predicted molar refractivity (Wildman–Crippen MR) is 211 cm³/mol. The van der Waals surface area contributed by atoms with Gasteiger partial charge in [0.1, 0.15) is 11.2 Å². The number of furan rings is 1. The number of hydrogen-bond acceptors (Lipinski definition) is 5. The summed E-state index contributed by atoms with van der Waals surface area (Å²) in [5.41, 5.74) is 7.85. The van der Waals surface area contributed by atoms with E-state index in [1.54, 1.807) is 11.3 Å². The largest absolute Gasteiger partial charge is 0.456 e. The summed E-state index contributed by atoms with van der Waals surface area (Å²) >= 11 is 1.80. The van der Waals surface area contributed by atoms with Gasteiger partial charge < -0.3 is 8.98 Å². The summed E-state index contributed by atoms with van der Waals surface area (Å²) in [7, 11) is 0. The Morgan fingerprint density at radius 2 is 1.02 bits per heavy atom. The third-order valence-corrected chi connectivity index (χ3v) is 11.0. The Morgan fingerprint density at radius 1 is 0.392 bits per heavy atom. The standard InChI is InChI=1S/C45H26N4OS/c1-3-11-27(12-4-1)43-46-44(28-20-22-42-36(23-28)33-16-8-10-18-41(33)51-42)48-45(47-43)29-19-21-32-35-25-38-34(26-40(35)50-39(32)24-29)31-15-7-9-17-37(31)49(38)30-13-5-2-6-14-30/h1-26H. The molecule has 11 rings (SSSR count). The zero-order valence-electron chi connectivity index (χ0n) is 27.1. The van der Waals surface area contributed by atoms with E-state index >= 15 is 0 Å². The third kappa shape index (κ3) is 4.43. The Balaban J connectivity index is 1.09. The monoisotopic (exact) mass is 670 g/mol. The van der Waals surface area contributed by atoms with Crippen LogP contribution in [0.5, 0.6) is 0 Å². The molecular weight excluding hydrogens is 645 g/mol. The van der Waals surface area contributed by atoms with Gasteiger partial charge in [0.25, 0.3) is 0 Å². The quantitative estimate of drug-likeness (QED) is 0.187. The summed E-state index contributed by atoms with van der Waals surface area (Å²) in [5.74, 6) is 1.87. The van der Waals surface area contributed by atoms with E-state index in [2.05, 4.69) is 132 Å². The van der Waals surface area contributed by atoms with Crippen LogP contribution in [-0.2, 0) is 0 Å². The second-order valence-corrected chi connectivity index (χ2v) is 13.9. The molecular formula is C45H26N4OS. The lowest BCUT2D eigenvalue weighted by atomic mass is 10.1. The van der Waals surface area contributed by atoms with Gasteiger partial charge in [-0.2, -0.15) is 0 Å². The third-order valence-electron chi connectivity index (χ3n) is 9.84. The van der Waals surface area contributed by atoms with Crippen LogP contribution in [0, 0.1) is 0 Å². The SMILES string of the molecule is c1ccc(-c2nc(-c3ccc4c(c3)oc3cc5c6ccccc6n(-c6ccccc6)c5cc34)nc(-c3ccc4sc5ccccc5c4c3)n2)cc1. The summed E-state index contributed by atoms with van der Waals surface area (Å²) in [6.45, 7) is 0. The molecule has 0 saturated heterocycles. The first-order chi connectivity index (χ1) is 25.2. The van der Waals surface area contributed by atoms with Gasteiger partial charge in [-0.25, -0.2) is 15.0 Å². The van der Waals surface area contributed by atoms with Crippen LogP contribution in [0.25, 0.3) is 104 Å². The second-order valence-electron chi connectivity index (χ2n) is 12.8. The van der Waals surface area contributed by atoms with Crippen molar-refractivity contribution in [3.8, 4) is 39.9 Å².